The van der Waals surface area contributed by atoms with Crippen molar-refractivity contribution in [1.29, 1.82) is 0 Å². The summed E-state index contributed by atoms with van der Waals surface area (Å²) in [6, 6.07) is 0. The third kappa shape index (κ3) is 0.314. The fourth-order valence-corrected chi connectivity index (χ4v) is 0.180. The molecule has 0 radical (unpaired) electrons. The molecule has 0 unspecified atom stereocenters. The lowest BCUT2D eigenvalue weighted by Gasteiger charge is -1.47. The van der Waals surface area contributed by atoms with Gasteiger partial charge in [0.05, 0.1) is 0 Å². The highest BCUT2D eigenvalue weighted by Crippen LogP contribution is 1.51. The predicted octanol–water partition coefficient (Wildman–Crippen LogP) is -0.525. The molecule has 4 nitrogen and oxygen atoms in total. The molecule has 0 bridgehead atoms. The molecular weight excluding hydrogens is 84.0 g/mol. The van der Waals surface area contributed by atoms with Crippen LogP contribution < -0.4 is 5.76 Å². The van der Waals surface area contributed by atoms with E-state index in [1.807, 2.05) is 0 Å². The van der Waals surface area contributed by atoms with Crippen LogP contribution in [0.2, 0.25) is 0 Å². The number of nitrogens with zero attached hydrogens (tertiary/aromatic N) is 1. The standard InChI is InChI=1S/C2H2N2O2/c5-2-3-1-4-6-2/h1H,(H,3,4,5)/p+1. The maximum atomic E-state index is 9.78. The van der Waals surface area contributed by atoms with E-state index in [9.17, 15) is 4.79 Å². The van der Waals surface area contributed by atoms with Gasteiger partial charge in [-0.25, -0.2) is 4.79 Å². The summed E-state index contributed by atoms with van der Waals surface area (Å²) in [6.07, 6.45) is 1.18. The van der Waals surface area contributed by atoms with Gasteiger partial charge in [0.25, 0.3) is 0 Å². The second kappa shape index (κ2) is 0.965. The van der Waals surface area contributed by atoms with Gasteiger partial charge in [0.15, 0.2) is 0 Å². The van der Waals surface area contributed by atoms with E-state index in [0.717, 1.165) is 0 Å². The Bertz CT molecular complexity index is 151. The van der Waals surface area contributed by atoms with Gasteiger partial charge in [-0.3, -0.25) is 9.51 Å². The minimum Gasteiger partial charge on any atom is -0.296 e. The lowest BCUT2D eigenvalue weighted by atomic mass is 11.3. The molecule has 0 atom stereocenters. The second-order valence-corrected chi connectivity index (χ2v) is 0.758. The fourth-order valence-electron chi connectivity index (χ4n) is 0.180. The minimum absolute atomic E-state index is 0. The summed E-state index contributed by atoms with van der Waals surface area (Å²) in [5.74, 6) is -0.519. The summed E-state index contributed by atoms with van der Waals surface area (Å²) < 4.78 is 3.97. The van der Waals surface area contributed by atoms with Crippen LogP contribution in [0.25, 0.3) is 0 Å². The molecule has 1 aromatic rings. The molecule has 0 aromatic carbocycles. The highest BCUT2D eigenvalue weighted by molar-refractivity contribution is 4.41. The van der Waals surface area contributed by atoms with Crippen molar-refractivity contribution in [2.75, 3.05) is 0 Å². The molecule has 0 aliphatic heterocycles. The third-order valence-electron chi connectivity index (χ3n) is 0.371. The first kappa shape index (κ1) is 3.14. The lowest BCUT2D eigenvalue weighted by Crippen LogP contribution is -1.92. The van der Waals surface area contributed by atoms with E-state index in [1.165, 1.54) is 6.33 Å². The zero-order valence-electron chi connectivity index (χ0n) is 3.84. The molecule has 4 heteroatoms. The molecule has 0 spiro atoms. The fraction of sp³-hybridized carbons (Fsp3) is 0. The van der Waals surface area contributed by atoms with Crippen LogP contribution in [0.4, 0.5) is 0 Å². The quantitative estimate of drug-likeness (QED) is 0.463. The van der Waals surface area contributed by atoms with E-state index in [1.54, 1.807) is 0 Å². The molecular formula is C2H3N2O2+. The number of aromatic amines is 1. The zero-order chi connectivity index (χ0) is 4.41. The van der Waals surface area contributed by atoms with Crippen LogP contribution in [0.1, 0.15) is 1.43 Å². The Morgan fingerprint density at radius 2 is 3.00 bits per heavy atom. The maximum absolute atomic E-state index is 9.78. The monoisotopic (exact) mass is 87.0 g/mol. The summed E-state index contributed by atoms with van der Waals surface area (Å²) in [5, 5.41) is 3.08. The molecule has 1 rings (SSSR count). The topological polar surface area (TPSA) is 58.9 Å². The Balaban J connectivity index is 0.000000360. The van der Waals surface area contributed by atoms with Crippen molar-refractivity contribution in [3.63, 3.8) is 0 Å². The van der Waals surface area contributed by atoms with Gasteiger partial charge in [0.1, 0.15) is 6.33 Å². The molecule has 6 heavy (non-hydrogen) atoms. The summed E-state index contributed by atoms with van der Waals surface area (Å²) in [5.41, 5.74) is 0. The highest BCUT2D eigenvalue weighted by Gasteiger charge is 1.74. The molecule has 0 saturated heterocycles. The van der Waals surface area contributed by atoms with Crippen LogP contribution in [0.3, 0.4) is 0 Å². The van der Waals surface area contributed by atoms with Crippen molar-refractivity contribution in [2.24, 2.45) is 0 Å². The van der Waals surface area contributed by atoms with E-state index in [2.05, 4.69) is 14.7 Å². The Morgan fingerprint density at radius 3 is 3.17 bits per heavy atom. The van der Waals surface area contributed by atoms with Gasteiger partial charge in [-0.05, 0) is 0 Å². The molecule has 1 aromatic heterocycles. The van der Waals surface area contributed by atoms with Crippen molar-refractivity contribution in [1.82, 2.24) is 10.1 Å². The van der Waals surface area contributed by atoms with Crippen LogP contribution in [0.5, 0.6) is 0 Å². The predicted molar refractivity (Wildman–Crippen MR) is 18.2 cm³/mol. The summed E-state index contributed by atoms with van der Waals surface area (Å²) >= 11 is 0. The average molecular weight is 87.1 g/mol. The molecule has 0 saturated carbocycles. The molecule has 32 valence electrons. The van der Waals surface area contributed by atoms with Crippen LogP contribution >= 0.6 is 0 Å². The lowest BCUT2D eigenvalue weighted by molar-refractivity contribution is 0.386. The smallest absolute Gasteiger partial charge is 0.296 e. The van der Waals surface area contributed by atoms with E-state index < -0.39 is 5.76 Å². The Labute approximate surface area is 34.3 Å². The number of rotatable bonds is 0. The highest BCUT2D eigenvalue weighted by atomic mass is 16.5. The van der Waals surface area contributed by atoms with E-state index in [4.69, 9.17) is 0 Å². The SMILES string of the molecule is O=c1[nH]cno1.[H+]. The largest absolute Gasteiger partial charge is 1.00 e. The Morgan fingerprint density at radius 1 is 2.17 bits per heavy atom. The van der Waals surface area contributed by atoms with Crippen LogP contribution in [-0.4, -0.2) is 10.1 Å². The first-order valence-electron chi connectivity index (χ1n) is 1.39. The zero-order valence-corrected chi connectivity index (χ0v) is 2.84. The summed E-state index contributed by atoms with van der Waals surface area (Å²) in [7, 11) is 0. The molecule has 0 aliphatic carbocycles. The Kier molecular flexibility index (Phi) is 0.506. The van der Waals surface area contributed by atoms with Crippen molar-refractivity contribution in [2.45, 2.75) is 0 Å². The Hall–Kier alpha value is -1.06. The van der Waals surface area contributed by atoms with Crippen LogP contribution in [0, 0.1) is 0 Å². The van der Waals surface area contributed by atoms with Gasteiger partial charge in [-0.1, -0.05) is 5.16 Å². The van der Waals surface area contributed by atoms with Gasteiger partial charge >= 0.3 is 7.18 Å². The second-order valence-electron chi connectivity index (χ2n) is 0.758. The maximum Gasteiger partial charge on any atom is 1.00 e. The molecule has 1 N–H and O–H groups in total. The van der Waals surface area contributed by atoms with Crippen LogP contribution in [0.15, 0.2) is 15.6 Å². The van der Waals surface area contributed by atoms with Crippen molar-refractivity contribution in [3.8, 4) is 0 Å². The van der Waals surface area contributed by atoms with Gasteiger partial charge < -0.3 is 0 Å². The average Bonchev–Trinajstić information content (AvgIpc) is 1.86. The normalized spacial score (nSPS) is 8.67. The van der Waals surface area contributed by atoms with E-state index >= 15 is 0 Å². The molecule has 1 heterocycles. The van der Waals surface area contributed by atoms with Crippen molar-refractivity contribution >= 4 is 0 Å². The number of aromatic nitrogens is 2. The minimum atomic E-state index is -0.519. The molecule has 0 aliphatic rings. The summed E-state index contributed by atoms with van der Waals surface area (Å²) in [4.78, 5) is 12.0. The number of nitrogens with one attached hydrogen (secondary N) is 1. The van der Waals surface area contributed by atoms with Gasteiger partial charge in [-0.15, -0.1) is 0 Å². The van der Waals surface area contributed by atoms with Crippen molar-refractivity contribution < 1.29 is 5.95 Å². The van der Waals surface area contributed by atoms with Gasteiger partial charge in [0, 0.05) is 0 Å². The molecule has 0 amide bonds. The molecule has 0 fully saturated rings. The number of hydrogen-bond donors (Lipinski definition) is 1. The van der Waals surface area contributed by atoms with E-state index in [-0.39, 0.29) is 1.43 Å². The first-order valence-corrected chi connectivity index (χ1v) is 1.39. The van der Waals surface area contributed by atoms with Crippen LogP contribution in [-0.2, 0) is 0 Å². The summed E-state index contributed by atoms with van der Waals surface area (Å²) in [6.45, 7) is 0. The van der Waals surface area contributed by atoms with Gasteiger partial charge in [-0.2, -0.15) is 0 Å². The van der Waals surface area contributed by atoms with Crippen molar-refractivity contribution in [3.05, 3.63) is 16.9 Å². The first-order chi connectivity index (χ1) is 2.89. The van der Waals surface area contributed by atoms with Gasteiger partial charge in [0.2, 0.25) is 0 Å². The number of H-pyrrole nitrogens is 1. The third-order valence-corrected chi connectivity index (χ3v) is 0.371. The number of hydrogen-bond acceptors (Lipinski definition) is 3. The van der Waals surface area contributed by atoms with E-state index in [0.29, 0.717) is 0 Å².